The van der Waals surface area contributed by atoms with Gasteiger partial charge in [-0.3, -0.25) is 4.79 Å². The number of carbonyl (C=O) groups excluding carboxylic acids is 2. The number of methoxy groups -OCH3 is 1. The highest BCUT2D eigenvalue weighted by molar-refractivity contribution is 5.70. The Bertz CT molecular complexity index is 1370. The molecule has 3 fully saturated rings. The fourth-order valence-electron chi connectivity index (χ4n) is 9.10. The molecule has 4 aliphatic rings. The minimum absolute atomic E-state index is 0.00885. The number of aldehydes is 1. The second-order valence-corrected chi connectivity index (χ2v) is 17.8. The molecule has 0 aromatic carbocycles. The van der Waals surface area contributed by atoms with Gasteiger partial charge in [-0.25, -0.2) is 0 Å². The van der Waals surface area contributed by atoms with Crippen LogP contribution in [0.25, 0.3) is 0 Å². The Morgan fingerprint density at radius 1 is 0.864 bits per heavy atom. The van der Waals surface area contributed by atoms with Crippen LogP contribution >= 0.6 is 0 Å². The van der Waals surface area contributed by atoms with Gasteiger partial charge in [0.15, 0.2) is 18.9 Å². The van der Waals surface area contributed by atoms with Crippen molar-refractivity contribution in [3.63, 3.8) is 0 Å². The summed E-state index contributed by atoms with van der Waals surface area (Å²) < 4.78 is 50.0. The Balaban J connectivity index is 1.66. The summed E-state index contributed by atoms with van der Waals surface area (Å²) in [4.78, 5) is 29.5. The number of nitrogens with zero attached hydrogens (tertiary/aromatic N) is 2. The topological polar surface area (TPSA) is 195 Å². The SMILES string of the molecule is CO[C@@H]1[C@@H](O[C@@H]2O[C@@H](C)[C@H](O[C@@H]3C[C@](C)(O)[C@H](O)[C@@H](C)O3)[C@@H](N(C)C)[C@@H]2O)[C@@H](CC=O)C[C@@H](C)[C@@H](O[C@H]2CC[C@H](N(C)C)[C@H](C)O2)/C=C/C=C/C[C@@H](C)OC(=O)C[C@H]1O. The van der Waals surface area contributed by atoms with E-state index >= 15 is 0 Å². The quantitative estimate of drug-likeness (QED) is 0.175. The number of aliphatic hydroxyl groups is 4. The third-order valence-electron chi connectivity index (χ3n) is 12.4. The van der Waals surface area contributed by atoms with Crippen LogP contribution in [0.1, 0.15) is 86.5 Å². The first kappa shape index (κ1) is 49.8. The number of ether oxygens (including phenoxy) is 8. The van der Waals surface area contributed by atoms with Crippen molar-refractivity contribution >= 4 is 12.3 Å². The van der Waals surface area contributed by atoms with Gasteiger partial charge in [0.2, 0.25) is 0 Å². The molecule has 0 radical (unpaired) electrons. The fraction of sp³-hybridized carbons (Fsp3) is 0.860. The molecule has 0 unspecified atom stereocenters. The highest BCUT2D eigenvalue weighted by atomic mass is 16.7. The third kappa shape index (κ3) is 13.3. The smallest absolute Gasteiger partial charge is 0.308 e. The molecular formula is C43H74N2O14. The molecule has 0 saturated carbocycles. The Morgan fingerprint density at radius 2 is 1.56 bits per heavy atom. The van der Waals surface area contributed by atoms with Crippen molar-refractivity contribution in [3.05, 3.63) is 24.3 Å². The van der Waals surface area contributed by atoms with Crippen LogP contribution in [0.5, 0.6) is 0 Å². The minimum atomic E-state index is -1.47. The lowest BCUT2D eigenvalue weighted by atomic mass is 9.82. The summed E-state index contributed by atoms with van der Waals surface area (Å²) in [6.07, 6.45) is -1.56. The van der Waals surface area contributed by atoms with E-state index in [0.29, 0.717) is 19.3 Å². The molecule has 19 atom stereocenters. The van der Waals surface area contributed by atoms with E-state index in [1.807, 2.05) is 52.2 Å². The zero-order chi connectivity index (χ0) is 43.8. The molecule has 0 bridgehead atoms. The summed E-state index contributed by atoms with van der Waals surface area (Å²) in [6.45, 7) is 10.8. The first-order chi connectivity index (χ1) is 27.8. The number of hydrogen-bond donors (Lipinski definition) is 4. The van der Waals surface area contributed by atoms with Gasteiger partial charge < -0.3 is 72.9 Å². The molecule has 4 N–H and O–H groups in total. The van der Waals surface area contributed by atoms with Crippen LogP contribution in [0.3, 0.4) is 0 Å². The predicted octanol–water partition coefficient (Wildman–Crippen LogP) is 2.33. The van der Waals surface area contributed by atoms with E-state index in [9.17, 15) is 30.0 Å². The van der Waals surface area contributed by atoms with Crippen LogP contribution in [0.2, 0.25) is 0 Å². The maximum absolute atomic E-state index is 13.1. The van der Waals surface area contributed by atoms with Gasteiger partial charge in [-0.05, 0) is 93.9 Å². The summed E-state index contributed by atoms with van der Waals surface area (Å²) in [5.41, 5.74) is -1.47. The molecule has 16 heteroatoms. The summed E-state index contributed by atoms with van der Waals surface area (Å²) in [6, 6.07) is -0.466. The molecule has 0 amide bonds. The van der Waals surface area contributed by atoms with Crippen molar-refractivity contribution < 1.29 is 67.9 Å². The van der Waals surface area contributed by atoms with Crippen LogP contribution in [-0.4, -0.2) is 181 Å². The van der Waals surface area contributed by atoms with E-state index in [2.05, 4.69) is 4.90 Å². The van der Waals surface area contributed by atoms with Crippen LogP contribution in [0, 0.1) is 11.8 Å². The van der Waals surface area contributed by atoms with Gasteiger partial charge in [0.1, 0.15) is 36.8 Å². The molecule has 0 aliphatic carbocycles. The predicted molar refractivity (Wildman–Crippen MR) is 217 cm³/mol. The summed E-state index contributed by atoms with van der Waals surface area (Å²) in [5, 5.41) is 45.1. The van der Waals surface area contributed by atoms with Crippen LogP contribution in [0.4, 0.5) is 0 Å². The van der Waals surface area contributed by atoms with Gasteiger partial charge in [0.25, 0.3) is 0 Å². The standard InChI is InChI=1S/C43H74N2O14/c1-24-21-29(19-20-46)39(59-42-37(49)36(45(9)10)38(27(4)56-42)58-35-23-43(6,51)41(50)28(5)55-35)40(52-11)31(47)22-33(48)53-25(2)15-13-12-14-16-32(24)57-34-18-17-30(44(7)8)26(3)54-34/h12-14,16,20,24-32,34-42,47,49-51H,15,17-19,21-23H2,1-11H3/b13-12+,16-14+/t24-,25-,26+,27+,28-,29+,30+,31-,32+,34+,35-,36+,37+,38+,39+,40+,41-,42+,43+/m1/s1. The first-order valence-electron chi connectivity index (χ1n) is 21.3. The molecule has 3 saturated heterocycles. The van der Waals surface area contributed by atoms with Crippen molar-refractivity contribution in [2.24, 2.45) is 11.8 Å². The monoisotopic (exact) mass is 843 g/mol. The lowest BCUT2D eigenvalue weighted by Gasteiger charge is -2.50. The largest absolute Gasteiger partial charge is 0.462 e. The summed E-state index contributed by atoms with van der Waals surface area (Å²) in [5.74, 6) is -1.47. The molecule has 59 heavy (non-hydrogen) atoms. The van der Waals surface area contributed by atoms with E-state index in [1.165, 1.54) is 14.0 Å². The van der Waals surface area contributed by atoms with Crippen molar-refractivity contribution in [1.82, 2.24) is 9.80 Å². The lowest BCUT2D eigenvalue weighted by Crippen LogP contribution is -2.65. The van der Waals surface area contributed by atoms with E-state index in [0.717, 1.165) is 12.7 Å². The Morgan fingerprint density at radius 3 is 2.17 bits per heavy atom. The van der Waals surface area contributed by atoms with Gasteiger partial charge in [-0.2, -0.15) is 0 Å². The van der Waals surface area contributed by atoms with E-state index < -0.39 is 110 Å². The number of carbonyl (C=O) groups is 2. The Hall–Kier alpha value is -1.90. The number of esters is 1. The molecular weight excluding hydrogens is 768 g/mol. The Kier molecular flexibility index (Phi) is 18.9. The van der Waals surface area contributed by atoms with Crippen molar-refractivity contribution in [3.8, 4) is 0 Å². The number of aliphatic hydroxyl groups excluding tert-OH is 3. The van der Waals surface area contributed by atoms with E-state index in [1.54, 1.807) is 39.8 Å². The summed E-state index contributed by atoms with van der Waals surface area (Å²) >= 11 is 0. The molecule has 4 heterocycles. The zero-order valence-electron chi connectivity index (χ0n) is 37.0. The average molecular weight is 843 g/mol. The highest BCUT2D eigenvalue weighted by Crippen LogP contribution is 2.37. The maximum Gasteiger partial charge on any atom is 0.308 e. The average Bonchev–Trinajstić information content (AvgIpc) is 3.13. The molecule has 340 valence electrons. The van der Waals surface area contributed by atoms with Crippen LogP contribution in [0.15, 0.2) is 24.3 Å². The highest BCUT2D eigenvalue weighted by Gasteiger charge is 2.52. The Labute approximate surface area is 351 Å². The van der Waals surface area contributed by atoms with E-state index in [4.69, 9.17) is 37.9 Å². The number of hydrogen-bond acceptors (Lipinski definition) is 16. The van der Waals surface area contributed by atoms with Gasteiger partial charge in [-0.15, -0.1) is 0 Å². The molecule has 4 aliphatic heterocycles. The van der Waals surface area contributed by atoms with E-state index in [-0.39, 0.29) is 30.9 Å². The van der Waals surface area contributed by atoms with Crippen molar-refractivity contribution in [2.45, 2.75) is 190 Å². The first-order valence-corrected chi connectivity index (χ1v) is 21.3. The fourth-order valence-corrected chi connectivity index (χ4v) is 9.10. The van der Waals surface area contributed by atoms with Gasteiger partial charge in [-0.1, -0.05) is 31.2 Å². The number of cyclic esters (lactones) is 1. The number of allylic oxidation sites excluding steroid dienone is 2. The van der Waals surface area contributed by atoms with Crippen LogP contribution < -0.4 is 0 Å². The molecule has 0 spiro atoms. The van der Waals surface area contributed by atoms with Gasteiger partial charge in [0.05, 0.1) is 54.7 Å². The second kappa shape index (κ2) is 22.5. The third-order valence-corrected chi connectivity index (χ3v) is 12.4. The number of likely N-dealkylation sites (N-methyl/N-ethyl adjacent to an activating group) is 2. The molecule has 4 rings (SSSR count). The zero-order valence-corrected chi connectivity index (χ0v) is 37.0. The maximum atomic E-state index is 13.1. The number of rotatable bonds is 11. The van der Waals surface area contributed by atoms with Gasteiger partial charge in [0, 0.05) is 32.4 Å². The second-order valence-electron chi connectivity index (χ2n) is 17.8. The van der Waals surface area contributed by atoms with Crippen LogP contribution in [-0.2, 0) is 47.5 Å². The molecule has 0 aromatic heterocycles. The normalized spacial score (nSPS) is 45.8. The molecule has 16 nitrogen and oxygen atoms in total. The van der Waals surface area contributed by atoms with Crippen molar-refractivity contribution in [2.75, 3.05) is 35.3 Å². The van der Waals surface area contributed by atoms with Gasteiger partial charge >= 0.3 is 5.97 Å². The molecule has 0 aromatic rings. The summed E-state index contributed by atoms with van der Waals surface area (Å²) in [7, 11) is 9.03. The van der Waals surface area contributed by atoms with Crippen molar-refractivity contribution in [1.29, 1.82) is 0 Å². The minimum Gasteiger partial charge on any atom is -0.462 e. The lowest BCUT2D eigenvalue weighted by molar-refractivity contribution is -0.344.